The molecular weight excluding hydrogens is 168 g/mol. The molecule has 0 rings (SSSR count). The Labute approximate surface area is 78.2 Å². The summed E-state index contributed by atoms with van der Waals surface area (Å²) >= 11 is 0. The van der Waals surface area contributed by atoms with E-state index in [1.807, 2.05) is 0 Å². The molecule has 0 unspecified atom stereocenters. The minimum atomic E-state index is -0.750. The lowest BCUT2D eigenvalue weighted by Gasteiger charge is -1.59. The summed E-state index contributed by atoms with van der Waals surface area (Å²) in [7, 11) is 1.18. The molecule has 0 heterocycles. The summed E-state index contributed by atoms with van der Waals surface area (Å²) in [5.41, 5.74) is 0. The van der Waals surface area contributed by atoms with E-state index in [-0.39, 0.29) is 43.2 Å². The van der Waals surface area contributed by atoms with Crippen LogP contribution in [0.25, 0.3) is 0 Å². The molecule has 0 aliphatic heterocycles. The highest BCUT2D eigenvalue weighted by Crippen LogP contribution is 1.26. The zero-order chi connectivity index (χ0) is 5.41. The van der Waals surface area contributed by atoms with Crippen LogP contribution in [0.4, 0.5) is 0 Å². The molecule has 80 valence electrons. The van der Waals surface area contributed by atoms with Gasteiger partial charge < -0.3 is 10.2 Å². The number of hydrogen-bond acceptors (Lipinski definition) is 4. The van der Waals surface area contributed by atoms with Crippen molar-refractivity contribution in [2.24, 2.45) is 0 Å². The molecule has 0 amide bonds. The van der Waals surface area contributed by atoms with E-state index < -0.39 is 6.79 Å². The highest BCUT2D eigenvalue weighted by molar-refractivity contribution is 7.59. The van der Waals surface area contributed by atoms with Gasteiger partial charge in [0.2, 0.25) is 0 Å². The van der Waals surface area contributed by atoms with E-state index in [1.165, 1.54) is 7.11 Å². The maximum atomic E-state index is 7.12. The maximum Gasteiger partial charge on any atom is 0.140 e. The van der Waals surface area contributed by atoms with E-state index in [9.17, 15) is 0 Å². The molecule has 0 fully saturated rings. The van der Waals surface area contributed by atoms with Gasteiger partial charge in [0.25, 0.3) is 0 Å². The van der Waals surface area contributed by atoms with Gasteiger partial charge >= 0.3 is 0 Å². The van der Waals surface area contributed by atoms with E-state index in [0.29, 0.717) is 0 Å². The van der Waals surface area contributed by atoms with Crippen LogP contribution in [0.2, 0.25) is 0 Å². The summed E-state index contributed by atoms with van der Waals surface area (Å²) in [5.74, 6) is 0. The monoisotopic (exact) mass is 194 g/mol. The zero-order valence-electron chi connectivity index (χ0n) is 3.96. The quantitative estimate of drug-likeness (QED) is 0.312. The predicted octanol–water partition coefficient (Wildman–Crippen LogP) is 1.69. The predicted molar refractivity (Wildman–Crippen MR) is 56.2 cm³/mol. The summed E-state index contributed by atoms with van der Waals surface area (Å²) in [5, 5.41) is 21.3. The van der Waals surface area contributed by atoms with Crippen molar-refractivity contribution in [3.8, 4) is 0 Å². The third kappa shape index (κ3) is 18900. The molecule has 0 aliphatic rings. The van der Waals surface area contributed by atoms with Crippen molar-refractivity contribution in [3.63, 3.8) is 0 Å². The molecular formula is C6H26O4S. The molecule has 11 heavy (non-hydrogen) atoms. The molecule has 0 aromatic heterocycles. The van der Waals surface area contributed by atoms with E-state index in [2.05, 4.69) is 4.89 Å². The third-order valence-corrected chi connectivity index (χ3v) is 0. The standard InChI is InChI=1S/2CH4O2.4CH4.H2S/c1-3-2;2-1-3;;;;;/h2H,1H3;2-3H,1H2;4*1H4;1H2. The van der Waals surface area contributed by atoms with Crippen LogP contribution in [-0.4, -0.2) is 29.4 Å². The van der Waals surface area contributed by atoms with Gasteiger partial charge in [0.15, 0.2) is 0 Å². The normalized spacial score (nSPS) is 3.27. The van der Waals surface area contributed by atoms with Crippen LogP contribution < -0.4 is 0 Å². The van der Waals surface area contributed by atoms with E-state index in [4.69, 9.17) is 15.5 Å². The van der Waals surface area contributed by atoms with Crippen molar-refractivity contribution in [3.05, 3.63) is 0 Å². The molecule has 0 atom stereocenters. The maximum absolute atomic E-state index is 7.12. The van der Waals surface area contributed by atoms with Crippen LogP contribution in [-0.2, 0) is 4.89 Å². The first-order valence-corrected chi connectivity index (χ1v) is 1.22. The van der Waals surface area contributed by atoms with E-state index >= 15 is 0 Å². The van der Waals surface area contributed by atoms with Gasteiger partial charge in [-0.3, -0.25) is 5.26 Å². The molecule has 0 aromatic rings. The summed E-state index contributed by atoms with van der Waals surface area (Å²) in [6, 6.07) is 0. The van der Waals surface area contributed by atoms with Crippen LogP contribution in [0.3, 0.4) is 0 Å². The van der Waals surface area contributed by atoms with Gasteiger partial charge in [-0.25, -0.2) is 4.89 Å². The molecule has 0 radical (unpaired) electrons. The van der Waals surface area contributed by atoms with Gasteiger partial charge in [-0.05, 0) is 0 Å². The Kier molecular flexibility index (Phi) is 1080. The molecule has 4 nitrogen and oxygen atoms in total. The van der Waals surface area contributed by atoms with Gasteiger partial charge in [0.1, 0.15) is 6.79 Å². The van der Waals surface area contributed by atoms with Crippen LogP contribution in [0.1, 0.15) is 29.7 Å². The first kappa shape index (κ1) is 66.2. The average molecular weight is 194 g/mol. The fourth-order valence-electron chi connectivity index (χ4n) is 0. The molecule has 3 N–H and O–H groups in total. The summed E-state index contributed by atoms with van der Waals surface area (Å²) in [4.78, 5) is 3.25. The second kappa shape index (κ2) is 179. The van der Waals surface area contributed by atoms with Crippen LogP contribution in [0.15, 0.2) is 0 Å². The highest BCUT2D eigenvalue weighted by atomic mass is 32.1. The fraction of sp³-hybridized carbons (Fsp3) is 1.00. The van der Waals surface area contributed by atoms with E-state index in [0.717, 1.165) is 0 Å². The zero-order valence-corrected chi connectivity index (χ0v) is 4.96. The minimum absolute atomic E-state index is 0. The molecule has 5 heteroatoms. The third-order valence-electron chi connectivity index (χ3n) is 0. The highest BCUT2D eigenvalue weighted by Gasteiger charge is 1.32. The van der Waals surface area contributed by atoms with Gasteiger partial charge in [-0.15, -0.1) is 0 Å². The summed E-state index contributed by atoms with van der Waals surface area (Å²) in [6.45, 7) is -0.750. The van der Waals surface area contributed by atoms with Crippen LogP contribution in [0.5, 0.6) is 0 Å². The van der Waals surface area contributed by atoms with Crippen LogP contribution in [0, 0.1) is 0 Å². The van der Waals surface area contributed by atoms with Crippen molar-refractivity contribution in [2.45, 2.75) is 29.7 Å². The lowest BCUT2D eigenvalue weighted by atomic mass is 11.6. The van der Waals surface area contributed by atoms with Crippen molar-refractivity contribution in [1.29, 1.82) is 0 Å². The van der Waals surface area contributed by atoms with Gasteiger partial charge in [-0.1, -0.05) is 29.7 Å². The Morgan fingerprint density at radius 3 is 1.00 bits per heavy atom. The lowest BCUT2D eigenvalue weighted by Crippen LogP contribution is -1.66. The Morgan fingerprint density at radius 1 is 1.00 bits per heavy atom. The second-order valence-corrected chi connectivity index (χ2v) is 0.324. The number of rotatable bonds is 0. The smallest absolute Gasteiger partial charge is 0.140 e. The molecule has 0 aliphatic carbocycles. The fourth-order valence-corrected chi connectivity index (χ4v) is 0. The van der Waals surface area contributed by atoms with Crippen molar-refractivity contribution < 1.29 is 20.4 Å². The first-order valence-electron chi connectivity index (χ1n) is 1.22. The SMILES string of the molecule is C.C.C.C.COO.OCO.S. The molecule has 0 aromatic carbocycles. The largest absolute Gasteiger partial charge is 0.371 e. The number of hydrogen-bond donors (Lipinski definition) is 3. The van der Waals surface area contributed by atoms with Gasteiger partial charge in [0.05, 0.1) is 7.11 Å². The van der Waals surface area contributed by atoms with Crippen LogP contribution >= 0.6 is 13.5 Å². The number of aliphatic hydroxyl groups excluding tert-OH is 1. The van der Waals surface area contributed by atoms with Crippen molar-refractivity contribution >= 4 is 13.5 Å². The Hall–Kier alpha value is 0.190. The topological polar surface area (TPSA) is 69.9 Å². The lowest BCUT2D eigenvalue weighted by molar-refractivity contribution is -0.214. The minimum Gasteiger partial charge on any atom is -0.371 e. The molecule has 0 saturated heterocycles. The molecule has 0 saturated carbocycles. The van der Waals surface area contributed by atoms with E-state index in [1.54, 1.807) is 0 Å². The Morgan fingerprint density at radius 2 is 1.00 bits per heavy atom. The number of aliphatic hydroxyl groups is 2. The van der Waals surface area contributed by atoms with Gasteiger partial charge in [0, 0.05) is 0 Å². The van der Waals surface area contributed by atoms with Crippen molar-refractivity contribution in [1.82, 2.24) is 0 Å². The van der Waals surface area contributed by atoms with Gasteiger partial charge in [-0.2, -0.15) is 13.5 Å². The second-order valence-electron chi connectivity index (χ2n) is 0.324. The Bertz CT molecular complexity index is 16.5. The Balaban J connectivity index is -0.00000000400. The molecule has 0 bridgehead atoms. The van der Waals surface area contributed by atoms with Crippen molar-refractivity contribution in [2.75, 3.05) is 13.9 Å². The molecule has 0 spiro atoms. The average Bonchev–Trinajstić information content (AvgIpc) is 1.39. The summed E-state index contributed by atoms with van der Waals surface area (Å²) in [6.07, 6.45) is 0. The first-order chi connectivity index (χ1) is 2.83. The summed E-state index contributed by atoms with van der Waals surface area (Å²) < 4.78 is 0.